The number of benzene rings is 1. The number of ether oxygens (including phenoxy) is 1. The highest BCUT2D eigenvalue weighted by Crippen LogP contribution is 2.40. The number of nitrogens with one attached hydrogen (secondary N) is 1. The van der Waals surface area contributed by atoms with Crippen molar-refractivity contribution >= 4 is 57.8 Å². The van der Waals surface area contributed by atoms with Crippen LogP contribution in [-0.4, -0.2) is 42.0 Å². The predicted octanol–water partition coefficient (Wildman–Crippen LogP) is 4.29. The number of methoxy groups -OCH3 is 1. The van der Waals surface area contributed by atoms with Gasteiger partial charge in [0.2, 0.25) is 6.41 Å². The van der Waals surface area contributed by atoms with Crippen LogP contribution in [0.15, 0.2) is 23.4 Å². The average Bonchev–Trinajstić information content (AvgIpc) is 3.15. The Hall–Kier alpha value is -2.52. The second-order valence-corrected chi connectivity index (χ2v) is 8.59. The summed E-state index contributed by atoms with van der Waals surface area (Å²) >= 11 is 6.19. The minimum atomic E-state index is 0.585. The van der Waals surface area contributed by atoms with Crippen LogP contribution in [0.5, 0.6) is 5.75 Å². The molecule has 1 aromatic carbocycles. The average molecular weight is 446 g/mol. The van der Waals surface area contributed by atoms with Crippen molar-refractivity contribution in [2.45, 2.75) is 37.5 Å². The van der Waals surface area contributed by atoms with Crippen molar-refractivity contribution < 1.29 is 9.53 Å². The zero-order valence-corrected chi connectivity index (χ0v) is 19.1. The van der Waals surface area contributed by atoms with Gasteiger partial charge in [-0.1, -0.05) is 0 Å². The van der Waals surface area contributed by atoms with Gasteiger partial charge in [-0.05, 0) is 44.2 Å². The minimum absolute atomic E-state index is 0.585. The fourth-order valence-electron chi connectivity index (χ4n) is 3.24. The summed E-state index contributed by atoms with van der Waals surface area (Å²) < 4.78 is 5.44. The van der Waals surface area contributed by atoms with Crippen molar-refractivity contribution in [2.24, 2.45) is 0 Å². The molecule has 0 bridgehead atoms. The van der Waals surface area contributed by atoms with Gasteiger partial charge in [0.15, 0.2) is 0 Å². The first-order valence-corrected chi connectivity index (χ1v) is 11.1. The van der Waals surface area contributed by atoms with Crippen LogP contribution >= 0.6 is 24.0 Å². The number of nitrogens with two attached hydrogens (primary N) is 1. The molecule has 2 aromatic heterocycles. The smallest absolute Gasteiger partial charge is 0.209 e. The Morgan fingerprint density at radius 3 is 2.77 bits per heavy atom. The first-order valence-electron chi connectivity index (χ1n) is 9.82. The summed E-state index contributed by atoms with van der Waals surface area (Å²) in [6, 6.07) is 3.64. The van der Waals surface area contributed by atoms with Crippen LogP contribution in [0.4, 0.5) is 17.2 Å². The number of rotatable bonds is 5. The molecular formula is C21H27N5O2S2. The Balaban J connectivity index is 0.000000377. The molecule has 0 fully saturated rings. The molecule has 3 N–H and O–H groups in total. The van der Waals surface area contributed by atoms with E-state index < -0.39 is 0 Å². The normalized spacial score (nSPS) is 12.5. The summed E-state index contributed by atoms with van der Waals surface area (Å²) in [7, 11) is 3.37. The van der Waals surface area contributed by atoms with Crippen LogP contribution in [0.2, 0.25) is 0 Å². The summed E-state index contributed by atoms with van der Waals surface area (Å²) in [5, 5.41) is 4.53. The summed E-state index contributed by atoms with van der Waals surface area (Å²) in [6.45, 7) is 2.72. The second kappa shape index (κ2) is 9.99. The molecule has 0 radical (unpaired) electrons. The van der Waals surface area contributed by atoms with E-state index in [4.69, 9.17) is 10.5 Å². The lowest BCUT2D eigenvalue weighted by Crippen LogP contribution is -2.13. The number of aryl methyl sites for hydroxylation is 2. The Kier molecular flexibility index (Phi) is 7.38. The van der Waals surface area contributed by atoms with Gasteiger partial charge in [0.1, 0.15) is 22.7 Å². The molecule has 4 rings (SSSR count). The quantitative estimate of drug-likeness (QED) is 0.308. The number of fused-ring (bicyclic) bond motifs is 3. The molecule has 2 heterocycles. The monoisotopic (exact) mass is 445 g/mol. The molecule has 0 unspecified atom stereocenters. The van der Waals surface area contributed by atoms with E-state index in [-0.39, 0.29) is 0 Å². The Bertz CT molecular complexity index is 1040. The van der Waals surface area contributed by atoms with E-state index in [9.17, 15) is 4.79 Å². The number of nitrogen functional groups attached to an aromatic ring is 1. The maximum atomic E-state index is 9.66. The predicted molar refractivity (Wildman–Crippen MR) is 126 cm³/mol. The number of thiol groups is 1. The molecule has 1 amide bonds. The number of nitrogens with zero attached hydrogens (tertiary/aromatic N) is 3. The van der Waals surface area contributed by atoms with E-state index in [0.717, 1.165) is 47.5 Å². The third-order valence-electron chi connectivity index (χ3n) is 5.03. The fraction of sp³-hybridized carbons (Fsp3) is 0.381. The highest BCUT2D eigenvalue weighted by molar-refractivity contribution is 7.80. The van der Waals surface area contributed by atoms with Gasteiger partial charge in [0, 0.05) is 35.1 Å². The number of amides is 1. The molecule has 1 aliphatic carbocycles. The lowest BCUT2D eigenvalue weighted by Gasteiger charge is -2.15. The highest BCUT2D eigenvalue weighted by Gasteiger charge is 2.20. The van der Waals surface area contributed by atoms with Crippen molar-refractivity contribution in [3.63, 3.8) is 0 Å². The number of aromatic nitrogens is 2. The SMILES string of the molecule is CCN(C)C=O.COc1cc(N)c(S)cc1Nc1ncnc2sc3c(c12)CCCC3. The van der Waals surface area contributed by atoms with Gasteiger partial charge in [-0.2, -0.15) is 0 Å². The molecule has 0 aliphatic heterocycles. The zero-order valence-electron chi connectivity index (χ0n) is 17.4. The van der Waals surface area contributed by atoms with Crippen molar-refractivity contribution in [3.05, 3.63) is 28.9 Å². The van der Waals surface area contributed by atoms with Crippen molar-refractivity contribution in [1.82, 2.24) is 14.9 Å². The largest absolute Gasteiger partial charge is 0.494 e. The molecule has 1 aliphatic rings. The molecule has 3 aromatic rings. The molecule has 7 nitrogen and oxygen atoms in total. The van der Waals surface area contributed by atoms with Crippen LogP contribution in [0, 0.1) is 0 Å². The van der Waals surface area contributed by atoms with Gasteiger partial charge in [-0.25, -0.2) is 9.97 Å². The number of thiophene rings is 1. The van der Waals surface area contributed by atoms with Crippen molar-refractivity contribution in [2.75, 3.05) is 31.8 Å². The standard InChI is InChI=1S/C17H18N4OS2.C4H9NO/c1-22-12-6-10(18)13(23)7-11(12)21-16-15-9-4-2-3-5-14(9)24-17(15)20-8-19-16;1-3-5(2)4-6/h6-8,23H,2-5,18H2,1H3,(H,19,20,21);4H,3H2,1-2H3. The Morgan fingerprint density at radius 1 is 1.33 bits per heavy atom. The van der Waals surface area contributed by atoms with E-state index in [2.05, 4.69) is 27.9 Å². The summed E-state index contributed by atoms with van der Waals surface area (Å²) in [5.74, 6) is 1.48. The van der Waals surface area contributed by atoms with Gasteiger partial charge in [0.05, 0.1) is 18.2 Å². The zero-order chi connectivity index (χ0) is 21.7. The van der Waals surface area contributed by atoms with Crippen LogP contribution in [0.25, 0.3) is 10.2 Å². The highest BCUT2D eigenvalue weighted by atomic mass is 32.1. The Morgan fingerprint density at radius 2 is 2.10 bits per heavy atom. The third-order valence-corrected chi connectivity index (χ3v) is 6.62. The van der Waals surface area contributed by atoms with Gasteiger partial charge in [-0.3, -0.25) is 4.79 Å². The van der Waals surface area contributed by atoms with Crippen molar-refractivity contribution in [1.29, 1.82) is 0 Å². The van der Waals surface area contributed by atoms with E-state index >= 15 is 0 Å². The first kappa shape index (κ1) is 22.2. The number of anilines is 3. The topological polar surface area (TPSA) is 93.4 Å². The van der Waals surface area contributed by atoms with Gasteiger partial charge >= 0.3 is 0 Å². The number of hydrogen-bond donors (Lipinski definition) is 3. The number of carbonyl (C=O) groups is 1. The molecule has 0 saturated heterocycles. The fourth-order valence-corrected chi connectivity index (χ4v) is 4.66. The molecular weight excluding hydrogens is 418 g/mol. The summed E-state index contributed by atoms with van der Waals surface area (Å²) in [5.41, 5.74) is 8.69. The number of carbonyl (C=O) groups excluding carboxylic acids is 1. The van der Waals surface area contributed by atoms with Crippen LogP contribution in [-0.2, 0) is 17.6 Å². The Labute approximate surface area is 186 Å². The lowest BCUT2D eigenvalue weighted by atomic mass is 9.97. The number of hydrogen-bond acceptors (Lipinski definition) is 8. The molecule has 0 saturated carbocycles. The maximum absolute atomic E-state index is 9.66. The van der Waals surface area contributed by atoms with Gasteiger partial charge < -0.3 is 20.7 Å². The van der Waals surface area contributed by atoms with Crippen LogP contribution in [0.3, 0.4) is 0 Å². The summed E-state index contributed by atoms with van der Waals surface area (Å²) in [4.78, 5) is 23.4. The van der Waals surface area contributed by atoms with Gasteiger partial charge in [-0.15, -0.1) is 24.0 Å². The molecule has 9 heteroatoms. The maximum Gasteiger partial charge on any atom is 0.209 e. The molecule has 0 atom stereocenters. The molecule has 160 valence electrons. The third kappa shape index (κ3) is 4.79. The van der Waals surface area contributed by atoms with E-state index in [0.29, 0.717) is 16.3 Å². The second-order valence-electron chi connectivity index (χ2n) is 7.03. The van der Waals surface area contributed by atoms with E-state index in [1.807, 2.05) is 13.0 Å². The molecule has 0 spiro atoms. The van der Waals surface area contributed by atoms with Gasteiger partial charge in [0.25, 0.3) is 0 Å². The minimum Gasteiger partial charge on any atom is -0.494 e. The van der Waals surface area contributed by atoms with Crippen LogP contribution < -0.4 is 15.8 Å². The van der Waals surface area contributed by atoms with E-state index in [1.165, 1.54) is 23.3 Å². The van der Waals surface area contributed by atoms with Crippen molar-refractivity contribution in [3.8, 4) is 5.75 Å². The molecule has 30 heavy (non-hydrogen) atoms. The first-order chi connectivity index (χ1) is 14.5. The summed E-state index contributed by atoms with van der Waals surface area (Å²) in [6.07, 6.45) is 7.12. The van der Waals surface area contributed by atoms with E-state index in [1.54, 1.807) is 42.8 Å². The van der Waals surface area contributed by atoms with Crippen LogP contribution in [0.1, 0.15) is 30.2 Å². The lowest BCUT2D eigenvalue weighted by molar-refractivity contribution is -0.116.